The van der Waals surface area contributed by atoms with E-state index >= 15 is 0 Å². The molecule has 112 valence electrons. The van der Waals surface area contributed by atoms with Crippen LogP contribution in [0, 0.1) is 11.3 Å². The Hall–Kier alpha value is -0.650. The number of carbonyl (C=O) groups is 1. The monoisotopic (exact) mass is 272 g/mol. The molecule has 5 heteroatoms. The van der Waals surface area contributed by atoms with Gasteiger partial charge in [0.25, 0.3) is 0 Å². The van der Waals surface area contributed by atoms with Crippen LogP contribution in [0.2, 0.25) is 0 Å². The SMILES string of the molecule is CCC(CO)(CO)NC(=O)C1(CN)CCC(C)CC1. The summed E-state index contributed by atoms with van der Waals surface area (Å²) in [5.74, 6) is 0.519. The summed E-state index contributed by atoms with van der Waals surface area (Å²) in [5.41, 5.74) is 4.38. The largest absolute Gasteiger partial charge is 0.394 e. The van der Waals surface area contributed by atoms with Gasteiger partial charge in [-0.2, -0.15) is 0 Å². The second-order valence-corrected chi connectivity index (χ2v) is 6.07. The van der Waals surface area contributed by atoms with Gasteiger partial charge < -0.3 is 21.3 Å². The van der Waals surface area contributed by atoms with Gasteiger partial charge in [-0.15, -0.1) is 0 Å². The topological polar surface area (TPSA) is 95.6 Å². The summed E-state index contributed by atoms with van der Waals surface area (Å²) in [5, 5.41) is 21.7. The van der Waals surface area contributed by atoms with Crippen LogP contribution in [0.3, 0.4) is 0 Å². The minimum atomic E-state index is -0.928. The van der Waals surface area contributed by atoms with Crippen LogP contribution in [0.25, 0.3) is 0 Å². The highest BCUT2D eigenvalue weighted by Crippen LogP contribution is 2.38. The first-order chi connectivity index (χ1) is 8.97. The van der Waals surface area contributed by atoms with E-state index in [1.165, 1.54) is 0 Å². The van der Waals surface area contributed by atoms with Crippen LogP contribution in [0.15, 0.2) is 0 Å². The lowest BCUT2D eigenvalue weighted by Gasteiger charge is -2.40. The molecule has 0 aromatic rings. The van der Waals surface area contributed by atoms with Gasteiger partial charge >= 0.3 is 0 Å². The lowest BCUT2D eigenvalue weighted by molar-refractivity contribution is -0.136. The molecule has 5 nitrogen and oxygen atoms in total. The van der Waals surface area contributed by atoms with Gasteiger partial charge in [0.15, 0.2) is 0 Å². The molecule has 1 aliphatic rings. The Morgan fingerprint density at radius 3 is 2.26 bits per heavy atom. The van der Waals surface area contributed by atoms with E-state index < -0.39 is 11.0 Å². The van der Waals surface area contributed by atoms with Crippen molar-refractivity contribution in [2.45, 2.75) is 51.5 Å². The van der Waals surface area contributed by atoms with Gasteiger partial charge in [-0.25, -0.2) is 0 Å². The molecule has 1 rings (SSSR count). The zero-order chi connectivity index (χ0) is 14.5. The third-order valence-corrected chi connectivity index (χ3v) is 4.76. The van der Waals surface area contributed by atoms with Crippen molar-refractivity contribution in [2.75, 3.05) is 19.8 Å². The second-order valence-electron chi connectivity index (χ2n) is 6.07. The summed E-state index contributed by atoms with van der Waals surface area (Å²) in [6, 6.07) is 0. The molecule has 0 aromatic carbocycles. The number of carbonyl (C=O) groups excluding carboxylic acids is 1. The van der Waals surface area contributed by atoms with E-state index in [9.17, 15) is 15.0 Å². The fourth-order valence-electron chi connectivity index (χ4n) is 2.65. The molecule has 0 aromatic heterocycles. The summed E-state index contributed by atoms with van der Waals surface area (Å²) in [4.78, 5) is 12.5. The third-order valence-electron chi connectivity index (χ3n) is 4.76. The standard InChI is InChI=1S/C14H28N2O3/c1-3-14(9-17,10-18)16-12(19)13(8-15)6-4-11(2)5-7-13/h11,17-18H,3-10,15H2,1-2H3,(H,16,19). The van der Waals surface area contributed by atoms with Crippen molar-refractivity contribution < 1.29 is 15.0 Å². The van der Waals surface area contributed by atoms with Crippen molar-refractivity contribution in [1.82, 2.24) is 5.32 Å². The molecule has 1 amide bonds. The highest BCUT2D eigenvalue weighted by molar-refractivity contribution is 5.83. The molecule has 5 N–H and O–H groups in total. The van der Waals surface area contributed by atoms with Crippen molar-refractivity contribution >= 4 is 5.91 Å². The lowest BCUT2D eigenvalue weighted by atomic mass is 9.70. The molecule has 0 heterocycles. The molecular weight excluding hydrogens is 244 g/mol. The average Bonchev–Trinajstić information content (AvgIpc) is 2.46. The van der Waals surface area contributed by atoms with Crippen LogP contribution >= 0.6 is 0 Å². The maximum Gasteiger partial charge on any atom is 0.228 e. The van der Waals surface area contributed by atoms with E-state index in [-0.39, 0.29) is 19.1 Å². The number of aliphatic hydroxyl groups is 2. The average molecular weight is 272 g/mol. The summed E-state index contributed by atoms with van der Waals surface area (Å²) < 4.78 is 0. The first-order valence-electron chi connectivity index (χ1n) is 7.22. The van der Waals surface area contributed by atoms with Gasteiger partial charge in [0.1, 0.15) is 0 Å². The van der Waals surface area contributed by atoms with Crippen molar-refractivity contribution in [2.24, 2.45) is 17.1 Å². The van der Waals surface area contributed by atoms with Crippen molar-refractivity contribution in [1.29, 1.82) is 0 Å². The normalized spacial score (nSPS) is 28.2. The molecule has 0 atom stereocenters. The van der Waals surface area contributed by atoms with Crippen LogP contribution in [0.5, 0.6) is 0 Å². The van der Waals surface area contributed by atoms with Crippen molar-refractivity contribution in [3.8, 4) is 0 Å². The van der Waals surface area contributed by atoms with Gasteiger partial charge in [-0.3, -0.25) is 4.79 Å². The Labute approximate surface area is 115 Å². The molecule has 0 aliphatic heterocycles. The first kappa shape index (κ1) is 16.4. The van der Waals surface area contributed by atoms with Crippen LogP contribution < -0.4 is 11.1 Å². The van der Waals surface area contributed by atoms with E-state index in [1.54, 1.807) is 0 Å². The summed E-state index contributed by atoms with van der Waals surface area (Å²) in [6.45, 7) is 3.83. The quantitative estimate of drug-likeness (QED) is 0.562. The Kier molecular flexibility index (Phi) is 5.77. The van der Waals surface area contributed by atoms with Crippen LogP contribution in [0.4, 0.5) is 0 Å². The Bertz CT molecular complexity index is 287. The van der Waals surface area contributed by atoms with Gasteiger partial charge in [-0.1, -0.05) is 13.8 Å². The Morgan fingerprint density at radius 1 is 1.37 bits per heavy atom. The Balaban J connectivity index is 2.79. The summed E-state index contributed by atoms with van der Waals surface area (Å²) >= 11 is 0. The number of hydrogen-bond donors (Lipinski definition) is 4. The minimum Gasteiger partial charge on any atom is -0.394 e. The number of hydrogen-bond acceptors (Lipinski definition) is 4. The summed E-state index contributed by atoms with van der Waals surface area (Å²) in [7, 11) is 0. The predicted molar refractivity (Wildman–Crippen MR) is 74.5 cm³/mol. The smallest absolute Gasteiger partial charge is 0.228 e. The molecular formula is C14H28N2O3. The molecule has 0 saturated heterocycles. The number of aliphatic hydroxyl groups excluding tert-OH is 2. The fourth-order valence-corrected chi connectivity index (χ4v) is 2.65. The molecule has 1 fully saturated rings. The molecule has 0 radical (unpaired) electrons. The van der Waals surface area contributed by atoms with E-state index in [4.69, 9.17) is 5.73 Å². The van der Waals surface area contributed by atoms with Crippen LogP contribution in [-0.2, 0) is 4.79 Å². The fraction of sp³-hybridized carbons (Fsp3) is 0.929. The number of nitrogens with two attached hydrogens (primary N) is 1. The molecule has 19 heavy (non-hydrogen) atoms. The third kappa shape index (κ3) is 3.46. The zero-order valence-electron chi connectivity index (χ0n) is 12.1. The van der Waals surface area contributed by atoms with Crippen LogP contribution in [0.1, 0.15) is 46.0 Å². The van der Waals surface area contributed by atoms with E-state index in [0.29, 0.717) is 18.9 Å². The van der Waals surface area contributed by atoms with E-state index in [1.807, 2.05) is 6.92 Å². The maximum absolute atomic E-state index is 12.5. The van der Waals surface area contributed by atoms with Gasteiger partial charge in [0, 0.05) is 6.54 Å². The molecule has 0 bridgehead atoms. The highest BCUT2D eigenvalue weighted by Gasteiger charge is 2.42. The number of nitrogens with one attached hydrogen (secondary N) is 1. The van der Waals surface area contributed by atoms with Crippen molar-refractivity contribution in [3.05, 3.63) is 0 Å². The zero-order valence-corrected chi connectivity index (χ0v) is 12.1. The predicted octanol–water partition coefficient (Wildman–Crippen LogP) is 0.391. The van der Waals surface area contributed by atoms with Crippen LogP contribution in [-0.4, -0.2) is 41.4 Å². The minimum absolute atomic E-state index is 0.119. The number of rotatable bonds is 6. The van der Waals surface area contributed by atoms with E-state index in [0.717, 1.165) is 25.7 Å². The summed E-state index contributed by atoms with van der Waals surface area (Å²) in [6.07, 6.45) is 4.06. The Morgan fingerprint density at radius 2 is 1.89 bits per heavy atom. The maximum atomic E-state index is 12.5. The first-order valence-corrected chi connectivity index (χ1v) is 7.22. The van der Waals surface area contributed by atoms with Gasteiger partial charge in [-0.05, 0) is 38.0 Å². The van der Waals surface area contributed by atoms with Gasteiger partial charge in [0.05, 0.1) is 24.2 Å². The molecule has 0 spiro atoms. The molecule has 0 unspecified atom stereocenters. The lowest BCUT2D eigenvalue weighted by Crippen LogP contribution is -2.59. The van der Waals surface area contributed by atoms with E-state index in [2.05, 4.69) is 12.2 Å². The second kappa shape index (κ2) is 6.68. The van der Waals surface area contributed by atoms with Crippen molar-refractivity contribution in [3.63, 3.8) is 0 Å². The number of amides is 1. The molecule has 1 saturated carbocycles. The highest BCUT2D eigenvalue weighted by atomic mass is 16.3. The van der Waals surface area contributed by atoms with Gasteiger partial charge in [0.2, 0.25) is 5.91 Å². The molecule has 1 aliphatic carbocycles.